The Morgan fingerprint density at radius 1 is 0.511 bits per heavy atom. The van der Waals surface area contributed by atoms with Crippen molar-refractivity contribution in [2.45, 2.75) is 0 Å². The van der Waals surface area contributed by atoms with Crippen LogP contribution in [0.5, 0.6) is 0 Å². The molecule has 45 heavy (non-hydrogen) atoms. The molecule has 0 amide bonds. The van der Waals surface area contributed by atoms with E-state index in [0.717, 1.165) is 54.7 Å². The fourth-order valence-electron chi connectivity index (χ4n) is 6.79. The van der Waals surface area contributed by atoms with Gasteiger partial charge in [-0.05, 0) is 60.7 Å². The quantitative estimate of drug-likeness (QED) is 0.205. The first-order chi connectivity index (χ1) is 22.3. The lowest BCUT2D eigenvalue weighted by Gasteiger charge is -2.10. The molecule has 10 aromatic rings. The highest BCUT2D eigenvalue weighted by Gasteiger charge is 2.19. The molecule has 4 aromatic heterocycles. The molecule has 0 aliphatic heterocycles. The molecule has 0 atom stereocenters. The van der Waals surface area contributed by atoms with E-state index in [2.05, 4.69) is 132 Å². The highest BCUT2D eigenvalue weighted by Crippen LogP contribution is 2.41. The molecule has 4 heterocycles. The van der Waals surface area contributed by atoms with Crippen LogP contribution >= 0.6 is 11.3 Å². The fraction of sp³-hybridized carbons (Fsp3) is 0. The molecular weight excluding hydrogens is 571 g/mol. The van der Waals surface area contributed by atoms with Crippen molar-refractivity contribution in [3.05, 3.63) is 140 Å². The number of hydrogen-bond acceptors (Lipinski definition) is 4. The van der Waals surface area contributed by atoms with Crippen LogP contribution in [0.1, 0.15) is 0 Å². The second kappa shape index (κ2) is 9.36. The number of rotatable bonds is 3. The van der Waals surface area contributed by atoms with Crippen molar-refractivity contribution in [2.24, 2.45) is 0 Å². The third kappa shape index (κ3) is 3.65. The summed E-state index contributed by atoms with van der Waals surface area (Å²) in [5.74, 6) is 0.711. The molecule has 5 heteroatoms. The summed E-state index contributed by atoms with van der Waals surface area (Å²) in [5, 5.41) is 6.98. The van der Waals surface area contributed by atoms with E-state index in [9.17, 15) is 0 Å². The molecule has 210 valence electrons. The summed E-state index contributed by atoms with van der Waals surface area (Å²) in [6.45, 7) is 0. The van der Waals surface area contributed by atoms with E-state index in [-0.39, 0.29) is 0 Å². The van der Waals surface area contributed by atoms with Gasteiger partial charge in [0.05, 0.1) is 16.7 Å². The van der Waals surface area contributed by atoms with E-state index in [1.54, 1.807) is 11.3 Å². The van der Waals surface area contributed by atoms with Crippen molar-refractivity contribution >= 4 is 75.4 Å². The summed E-state index contributed by atoms with van der Waals surface area (Å²) in [6.07, 6.45) is 0. The predicted octanol–water partition coefficient (Wildman–Crippen LogP) is 11.2. The smallest absolute Gasteiger partial charge is 0.161 e. The van der Waals surface area contributed by atoms with Gasteiger partial charge in [-0.1, -0.05) is 78.9 Å². The van der Waals surface area contributed by atoms with Gasteiger partial charge < -0.3 is 8.98 Å². The lowest BCUT2D eigenvalue weighted by Crippen LogP contribution is -1.96. The van der Waals surface area contributed by atoms with E-state index in [4.69, 9.17) is 14.4 Å². The first-order valence-corrected chi connectivity index (χ1v) is 15.8. The summed E-state index contributed by atoms with van der Waals surface area (Å²) in [7, 11) is 0. The Labute approximate surface area is 261 Å². The van der Waals surface area contributed by atoms with Crippen molar-refractivity contribution in [1.82, 2.24) is 14.5 Å². The molecule has 0 unspecified atom stereocenters. The largest absolute Gasteiger partial charge is 0.456 e. The SMILES string of the molecule is c1ccc2c(c1)oc1cc(-c3nc(-c4ccc(-n5c6ccccc6c6ccccc65)cc4)nc4sc5ccccc5c34)ccc12. The number of para-hydroxylation sites is 3. The Morgan fingerprint density at radius 3 is 1.91 bits per heavy atom. The van der Waals surface area contributed by atoms with Crippen molar-refractivity contribution in [3.63, 3.8) is 0 Å². The van der Waals surface area contributed by atoms with Gasteiger partial charge in [0.2, 0.25) is 0 Å². The van der Waals surface area contributed by atoms with Crippen LogP contribution in [0.3, 0.4) is 0 Å². The van der Waals surface area contributed by atoms with Gasteiger partial charge in [0, 0.05) is 53.8 Å². The first-order valence-electron chi connectivity index (χ1n) is 15.0. The minimum absolute atomic E-state index is 0.711. The molecule has 0 aliphatic carbocycles. The zero-order chi connectivity index (χ0) is 29.5. The van der Waals surface area contributed by atoms with E-state index in [1.807, 2.05) is 12.1 Å². The van der Waals surface area contributed by atoms with Crippen molar-refractivity contribution < 1.29 is 4.42 Å². The number of benzene rings is 6. The molecule has 0 bridgehead atoms. The number of furan rings is 1. The number of hydrogen-bond donors (Lipinski definition) is 0. The van der Waals surface area contributed by atoms with Crippen molar-refractivity contribution in [1.29, 1.82) is 0 Å². The zero-order valence-corrected chi connectivity index (χ0v) is 24.8. The van der Waals surface area contributed by atoms with Crippen LogP contribution in [0.2, 0.25) is 0 Å². The lowest BCUT2D eigenvalue weighted by molar-refractivity contribution is 0.669. The summed E-state index contributed by atoms with van der Waals surface area (Å²) < 4.78 is 9.81. The van der Waals surface area contributed by atoms with Gasteiger partial charge in [0.25, 0.3) is 0 Å². The Balaban J connectivity index is 1.16. The molecule has 4 nitrogen and oxygen atoms in total. The minimum Gasteiger partial charge on any atom is -0.456 e. The van der Waals surface area contributed by atoms with E-state index in [1.165, 1.54) is 31.9 Å². The maximum Gasteiger partial charge on any atom is 0.161 e. The zero-order valence-electron chi connectivity index (χ0n) is 23.9. The van der Waals surface area contributed by atoms with E-state index < -0.39 is 0 Å². The number of fused-ring (bicyclic) bond motifs is 9. The molecule has 0 N–H and O–H groups in total. The maximum absolute atomic E-state index is 6.28. The molecule has 0 spiro atoms. The summed E-state index contributed by atoms with van der Waals surface area (Å²) >= 11 is 1.71. The molecule has 0 aliphatic rings. The second-order valence-electron chi connectivity index (χ2n) is 11.4. The Hall–Kier alpha value is -5.78. The maximum atomic E-state index is 6.28. The Bertz CT molecular complexity index is 2710. The van der Waals surface area contributed by atoms with Gasteiger partial charge in [-0.15, -0.1) is 11.3 Å². The highest BCUT2D eigenvalue weighted by atomic mass is 32.1. The van der Waals surface area contributed by atoms with Crippen molar-refractivity contribution in [3.8, 4) is 28.3 Å². The summed E-state index contributed by atoms with van der Waals surface area (Å²) in [5.41, 5.74) is 8.15. The van der Waals surface area contributed by atoms with E-state index >= 15 is 0 Å². The highest BCUT2D eigenvalue weighted by molar-refractivity contribution is 7.25. The Kier molecular flexibility index (Phi) is 5.12. The molecule has 0 saturated carbocycles. The van der Waals surface area contributed by atoms with Gasteiger partial charge >= 0.3 is 0 Å². The second-order valence-corrected chi connectivity index (χ2v) is 12.4. The van der Waals surface area contributed by atoms with Crippen LogP contribution in [0.15, 0.2) is 144 Å². The third-order valence-electron chi connectivity index (χ3n) is 8.85. The van der Waals surface area contributed by atoms with Gasteiger partial charge in [-0.25, -0.2) is 9.97 Å². The van der Waals surface area contributed by atoms with Gasteiger partial charge in [-0.2, -0.15) is 0 Å². The summed E-state index contributed by atoms with van der Waals surface area (Å²) in [6, 6.07) is 48.9. The standard InChI is InChI=1S/C40H23N3OS/c1-5-13-32-27(9-1)28-10-2-6-14-33(28)43(32)26-20-17-24(18-21-26)39-41-38(37-31-12-4-8-16-36(31)45-40(37)42-39)25-19-22-30-29-11-3-7-15-34(29)44-35(30)23-25/h1-23H. The summed E-state index contributed by atoms with van der Waals surface area (Å²) in [4.78, 5) is 11.4. The number of aromatic nitrogens is 3. The molecule has 10 rings (SSSR count). The monoisotopic (exact) mass is 593 g/mol. The average molecular weight is 594 g/mol. The normalized spacial score (nSPS) is 12.0. The van der Waals surface area contributed by atoms with Crippen LogP contribution in [0.25, 0.3) is 92.4 Å². The molecule has 6 aromatic carbocycles. The lowest BCUT2D eigenvalue weighted by atomic mass is 10.0. The first kappa shape index (κ1) is 24.6. The molecule has 0 radical (unpaired) electrons. The fourth-order valence-corrected chi connectivity index (χ4v) is 7.87. The van der Waals surface area contributed by atoms with Gasteiger partial charge in [-0.3, -0.25) is 0 Å². The predicted molar refractivity (Wildman–Crippen MR) is 187 cm³/mol. The van der Waals surface area contributed by atoms with Gasteiger partial charge in [0.1, 0.15) is 16.0 Å². The van der Waals surface area contributed by atoms with Crippen LogP contribution in [-0.4, -0.2) is 14.5 Å². The van der Waals surface area contributed by atoms with Crippen molar-refractivity contribution in [2.75, 3.05) is 0 Å². The van der Waals surface area contributed by atoms with Crippen LogP contribution in [0.4, 0.5) is 0 Å². The average Bonchev–Trinajstić information content (AvgIpc) is 3.77. The van der Waals surface area contributed by atoms with E-state index in [0.29, 0.717) is 5.82 Å². The number of thiophene rings is 1. The topological polar surface area (TPSA) is 43.9 Å². The number of nitrogens with zero attached hydrogens (tertiary/aromatic N) is 3. The molecular formula is C40H23N3OS. The van der Waals surface area contributed by atoms with Crippen LogP contribution in [0, 0.1) is 0 Å². The third-order valence-corrected chi connectivity index (χ3v) is 9.92. The molecule has 0 fully saturated rings. The van der Waals surface area contributed by atoms with Crippen LogP contribution in [-0.2, 0) is 0 Å². The van der Waals surface area contributed by atoms with Crippen LogP contribution < -0.4 is 0 Å². The van der Waals surface area contributed by atoms with Gasteiger partial charge in [0.15, 0.2) is 5.82 Å². The minimum atomic E-state index is 0.711. The molecule has 0 saturated heterocycles. The Morgan fingerprint density at radius 2 is 1.13 bits per heavy atom.